The molecule has 0 saturated carbocycles. The number of likely N-dealkylation sites (tertiary alicyclic amines) is 1. The fourth-order valence-electron chi connectivity index (χ4n) is 4.24. The Morgan fingerprint density at radius 2 is 1.97 bits per heavy atom. The number of rotatable bonds is 5. The van der Waals surface area contributed by atoms with Crippen LogP contribution in [0.1, 0.15) is 37.1 Å². The maximum atomic E-state index is 13.0. The molecular weight excluding hydrogens is 406 g/mol. The van der Waals surface area contributed by atoms with E-state index in [-0.39, 0.29) is 23.9 Å². The molecular formula is C25H29N3O4. The molecule has 2 atom stereocenters. The minimum atomic E-state index is -0.306. The number of carbonyl (C=O) groups excluding carboxylic acids is 2. The van der Waals surface area contributed by atoms with Crippen molar-refractivity contribution in [2.24, 2.45) is 5.92 Å². The monoisotopic (exact) mass is 435 g/mol. The van der Waals surface area contributed by atoms with Crippen LogP contribution in [0.25, 0.3) is 11.0 Å². The number of benzene rings is 2. The molecule has 2 heterocycles. The third kappa shape index (κ3) is 4.56. The molecule has 0 spiro atoms. The average molecular weight is 436 g/mol. The molecule has 7 heteroatoms. The number of hydrogen-bond donors (Lipinski definition) is 2. The molecule has 0 aliphatic carbocycles. The van der Waals surface area contributed by atoms with E-state index in [9.17, 15) is 9.59 Å². The predicted octanol–water partition coefficient (Wildman–Crippen LogP) is 4.87. The van der Waals surface area contributed by atoms with Crippen molar-refractivity contribution in [3.8, 4) is 5.75 Å². The van der Waals surface area contributed by atoms with E-state index in [0.29, 0.717) is 13.1 Å². The van der Waals surface area contributed by atoms with Crippen molar-refractivity contribution in [1.82, 2.24) is 10.2 Å². The number of hydrogen-bond acceptors (Lipinski definition) is 4. The Hall–Kier alpha value is -3.48. The summed E-state index contributed by atoms with van der Waals surface area (Å²) < 4.78 is 11.3. The molecule has 0 bridgehead atoms. The number of methoxy groups -OCH3 is 1. The molecule has 168 valence electrons. The van der Waals surface area contributed by atoms with Gasteiger partial charge < -0.3 is 24.7 Å². The molecule has 1 saturated heterocycles. The second-order valence-electron chi connectivity index (χ2n) is 8.27. The smallest absolute Gasteiger partial charge is 0.318 e. The van der Waals surface area contributed by atoms with Gasteiger partial charge in [0.1, 0.15) is 17.1 Å². The molecule has 1 fully saturated rings. The molecule has 2 aromatic carbocycles. The van der Waals surface area contributed by atoms with Crippen LogP contribution in [0, 0.1) is 12.8 Å². The van der Waals surface area contributed by atoms with Gasteiger partial charge in [-0.2, -0.15) is 0 Å². The summed E-state index contributed by atoms with van der Waals surface area (Å²) in [5, 5.41) is 6.95. The fraction of sp³-hybridized carbons (Fsp3) is 0.360. The number of amides is 3. The highest BCUT2D eigenvalue weighted by atomic mass is 16.5. The number of nitrogens with one attached hydrogen (secondary N) is 2. The lowest BCUT2D eigenvalue weighted by Gasteiger charge is -2.32. The van der Waals surface area contributed by atoms with Crippen LogP contribution in [-0.4, -0.2) is 37.0 Å². The van der Waals surface area contributed by atoms with Crippen LogP contribution in [0.3, 0.4) is 0 Å². The number of furan rings is 1. The minimum absolute atomic E-state index is 0.0520. The number of piperidine rings is 1. The molecule has 7 nitrogen and oxygen atoms in total. The van der Waals surface area contributed by atoms with Crippen molar-refractivity contribution < 1.29 is 18.7 Å². The number of urea groups is 1. The van der Waals surface area contributed by atoms with Crippen LogP contribution in [0.4, 0.5) is 10.5 Å². The van der Waals surface area contributed by atoms with Crippen LogP contribution in [-0.2, 0) is 4.79 Å². The molecule has 2 N–H and O–H groups in total. The number of nitrogens with zero attached hydrogens (tertiary/aromatic N) is 1. The van der Waals surface area contributed by atoms with Crippen molar-refractivity contribution in [3.05, 3.63) is 59.9 Å². The number of fused-ring (bicyclic) bond motifs is 1. The maximum absolute atomic E-state index is 13.0. The number of carbonyl (C=O) groups is 2. The van der Waals surface area contributed by atoms with Crippen LogP contribution in [0.15, 0.2) is 52.9 Å². The lowest BCUT2D eigenvalue weighted by Crippen LogP contribution is -2.48. The second kappa shape index (κ2) is 9.34. The Labute approximate surface area is 187 Å². The zero-order valence-corrected chi connectivity index (χ0v) is 18.7. The van der Waals surface area contributed by atoms with Crippen molar-refractivity contribution in [2.45, 2.75) is 32.7 Å². The number of para-hydroxylation sites is 1. The summed E-state index contributed by atoms with van der Waals surface area (Å²) in [6, 6.07) is 14.6. The Morgan fingerprint density at radius 1 is 1.19 bits per heavy atom. The van der Waals surface area contributed by atoms with Gasteiger partial charge in [0.2, 0.25) is 5.91 Å². The van der Waals surface area contributed by atoms with E-state index in [1.165, 1.54) is 0 Å². The van der Waals surface area contributed by atoms with Gasteiger partial charge in [-0.05, 0) is 57.0 Å². The van der Waals surface area contributed by atoms with Crippen LogP contribution < -0.4 is 15.4 Å². The third-order valence-corrected chi connectivity index (χ3v) is 6.03. The second-order valence-corrected chi connectivity index (χ2v) is 8.27. The van der Waals surface area contributed by atoms with Gasteiger partial charge in [-0.15, -0.1) is 0 Å². The Kier molecular flexibility index (Phi) is 6.35. The van der Waals surface area contributed by atoms with E-state index >= 15 is 0 Å². The topological polar surface area (TPSA) is 83.8 Å². The SMILES string of the molecule is COc1ccc2oc(C(C)NC(=O)N3CCCC(C(=O)Nc4ccccc4)C3)c(C)c2c1. The first-order valence-electron chi connectivity index (χ1n) is 10.9. The van der Waals surface area contributed by atoms with Crippen LogP contribution in [0.5, 0.6) is 5.75 Å². The quantitative estimate of drug-likeness (QED) is 0.599. The zero-order valence-electron chi connectivity index (χ0n) is 18.7. The van der Waals surface area contributed by atoms with E-state index in [0.717, 1.165) is 46.6 Å². The van der Waals surface area contributed by atoms with E-state index in [1.54, 1.807) is 12.0 Å². The van der Waals surface area contributed by atoms with Gasteiger partial charge >= 0.3 is 6.03 Å². The van der Waals surface area contributed by atoms with Crippen LogP contribution in [0.2, 0.25) is 0 Å². The van der Waals surface area contributed by atoms with E-state index in [1.807, 2.05) is 62.4 Å². The summed E-state index contributed by atoms with van der Waals surface area (Å²) in [4.78, 5) is 27.4. The third-order valence-electron chi connectivity index (χ3n) is 6.03. The van der Waals surface area contributed by atoms with Gasteiger partial charge in [0.15, 0.2) is 0 Å². The van der Waals surface area contributed by atoms with Crippen LogP contribution >= 0.6 is 0 Å². The number of ether oxygens (including phenoxy) is 1. The molecule has 32 heavy (non-hydrogen) atoms. The van der Waals surface area contributed by atoms with Crippen molar-refractivity contribution >= 4 is 28.6 Å². The highest BCUT2D eigenvalue weighted by molar-refractivity contribution is 5.93. The number of aryl methyl sites for hydroxylation is 1. The molecule has 3 aromatic rings. The van der Waals surface area contributed by atoms with Crippen molar-refractivity contribution in [1.29, 1.82) is 0 Å². The summed E-state index contributed by atoms with van der Waals surface area (Å²) in [6.07, 6.45) is 1.56. The standard InChI is InChI=1S/C25H29N3O4/c1-16-21-14-20(31-3)11-12-22(21)32-23(16)17(2)26-25(30)28-13-7-8-18(15-28)24(29)27-19-9-5-4-6-10-19/h4-6,9-12,14,17-18H,7-8,13,15H2,1-3H3,(H,26,30)(H,27,29). The molecule has 0 radical (unpaired) electrons. The Balaban J connectivity index is 1.40. The zero-order chi connectivity index (χ0) is 22.7. The molecule has 1 aromatic heterocycles. The van der Waals surface area contributed by atoms with Gasteiger partial charge in [0.05, 0.1) is 19.1 Å². The van der Waals surface area contributed by atoms with E-state index in [2.05, 4.69) is 10.6 Å². The maximum Gasteiger partial charge on any atom is 0.318 e. The highest BCUT2D eigenvalue weighted by Crippen LogP contribution is 2.32. The lowest BCUT2D eigenvalue weighted by molar-refractivity contribution is -0.121. The first-order valence-corrected chi connectivity index (χ1v) is 10.9. The molecule has 1 aliphatic rings. The first kappa shape index (κ1) is 21.7. The summed E-state index contributed by atoms with van der Waals surface area (Å²) in [7, 11) is 1.63. The highest BCUT2D eigenvalue weighted by Gasteiger charge is 2.30. The summed E-state index contributed by atoms with van der Waals surface area (Å²) in [6.45, 7) is 4.91. The summed E-state index contributed by atoms with van der Waals surface area (Å²) >= 11 is 0. The number of anilines is 1. The molecule has 3 amide bonds. The minimum Gasteiger partial charge on any atom is -0.497 e. The predicted molar refractivity (Wildman–Crippen MR) is 124 cm³/mol. The Morgan fingerprint density at radius 3 is 2.72 bits per heavy atom. The van der Waals surface area contributed by atoms with E-state index < -0.39 is 0 Å². The van der Waals surface area contributed by atoms with Gasteiger partial charge in [-0.3, -0.25) is 4.79 Å². The van der Waals surface area contributed by atoms with Gasteiger partial charge in [-0.1, -0.05) is 18.2 Å². The summed E-state index contributed by atoms with van der Waals surface area (Å²) in [5.74, 6) is 1.20. The summed E-state index contributed by atoms with van der Waals surface area (Å²) in [5.41, 5.74) is 2.50. The van der Waals surface area contributed by atoms with Gasteiger partial charge in [0, 0.05) is 29.7 Å². The van der Waals surface area contributed by atoms with Crippen molar-refractivity contribution in [2.75, 3.05) is 25.5 Å². The molecule has 1 aliphatic heterocycles. The Bertz CT molecular complexity index is 1110. The average Bonchev–Trinajstić information content (AvgIpc) is 3.15. The van der Waals surface area contributed by atoms with E-state index in [4.69, 9.17) is 9.15 Å². The fourth-order valence-corrected chi connectivity index (χ4v) is 4.24. The molecule has 2 unspecified atom stereocenters. The first-order chi connectivity index (χ1) is 15.5. The lowest BCUT2D eigenvalue weighted by atomic mass is 9.97. The normalized spacial score (nSPS) is 17.1. The largest absolute Gasteiger partial charge is 0.497 e. The van der Waals surface area contributed by atoms with Gasteiger partial charge in [-0.25, -0.2) is 4.79 Å². The van der Waals surface area contributed by atoms with Gasteiger partial charge in [0.25, 0.3) is 0 Å². The van der Waals surface area contributed by atoms with Crippen molar-refractivity contribution in [3.63, 3.8) is 0 Å². The molecule has 4 rings (SSSR count).